The van der Waals surface area contributed by atoms with Gasteiger partial charge in [-0.05, 0) is 118 Å². The summed E-state index contributed by atoms with van der Waals surface area (Å²) in [5.41, 5.74) is -4.35. The summed E-state index contributed by atoms with van der Waals surface area (Å²) in [6.45, 7) is 15.8. The molecule has 9 fully saturated rings. The zero-order chi connectivity index (χ0) is 64.6. The minimum Gasteiger partial charge on any atom is -0.479 e. The van der Waals surface area contributed by atoms with Crippen LogP contribution in [0.15, 0.2) is 11.6 Å². The predicted molar refractivity (Wildman–Crippen MR) is 294 cm³/mol. The Bertz CT molecular complexity index is 2560. The number of allylic oxidation sites excluding steroid dienone is 2. The summed E-state index contributed by atoms with van der Waals surface area (Å²) in [6, 6.07) is 0. The van der Waals surface area contributed by atoms with Crippen molar-refractivity contribution in [2.24, 2.45) is 50.2 Å². The molecule has 35 atom stereocenters. The van der Waals surface area contributed by atoms with Crippen LogP contribution in [-0.2, 0) is 61.8 Å². The van der Waals surface area contributed by atoms with E-state index in [4.69, 9.17) is 47.4 Å². The molecule has 5 saturated heterocycles. The molecule has 10 aliphatic rings. The summed E-state index contributed by atoms with van der Waals surface area (Å²) >= 11 is 0. The van der Waals surface area contributed by atoms with Crippen LogP contribution in [0.25, 0.3) is 0 Å². The van der Waals surface area contributed by atoms with Gasteiger partial charge in [-0.1, -0.05) is 53.2 Å². The molecule has 0 spiro atoms. The zero-order valence-electron chi connectivity index (χ0n) is 51.1. The molecule has 28 nitrogen and oxygen atoms in total. The fourth-order valence-corrected chi connectivity index (χ4v) is 17.8. The van der Waals surface area contributed by atoms with E-state index >= 15 is 4.79 Å². The first kappa shape index (κ1) is 68.3. The Kier molecular flexibility index (Phi) is 19.1. The number of carbonyl (C=O) groups excluding carboxylic acids is 2. The van der Waals surface area contributed by atoms with Gasteiger partial charge in [0.15, 0.2) is 37.4 Å². The summed E-state index contributed by atoms with van der Waals surface area (Å²) in [5, 5.41) is 165. The largest absolute Gasteiger partial charge is 0.479 e. The number of hydrogen-bond acceptors (Lipinski definition) is 27. The number of carbonyl (C=O) groups is 3. The highest BCUT2D eigenvalue weighted by Crippen LogP contribution is 2.76. The number of esters is 1. The Labute approximate surface area is 509 Å². The Hall–Kier alpha value is -2.57. The van der Waals surface area contributed by atoms with E-state index in [1.54, 1.807) is 6.92 Å². The van der Waals surface area contributed by atoms with Gasteiger partial charge in [0.2, 0.25) is 6.29 Å². The van der Waals surface area contributed by atoms with Gasteiger partial charge in [0.1, 0.15) is 103 Å². The third kappa shape index (κ3) is 11.0. The SMILES string of the molecule is C[C@@H]1O[C@@H](O[C@H]2[C@H](OC(=O)[C@]34CCC(C)(C)C[C@H]3C3=CC[C@@H]5[C@@]6(C)CC[C@H](O[C@@H]7O[C@H](C(=O)O)[C@@H](O)[C@H](O[C@@H]8O[C@@H](C)[C@H](O)[C@@H](O)[C@H]8O)[C@H]7O[C@@H]7O[C@H](CO)[C@H](O)[C@H](O)[C@H]7O)[C@@](C)(C=O)[C@@H]6CC[C@@]5(C)[C@]3(C)C[C@H]4O)O[C@H](C)[C@H](O)[C@@H]2O)[C@H](O)[C@H](O)[C@H]1O. The molecule has 88 heavy (non-hydrogen) atoms. The molecule has 15 N–H and O–H groups in total. The molecule has 4 saturated carbocycles. The van der Waals surface area contributed by atoms with Crippen LogP contribution in [0.2, 0.25) is 0 Å². The van der Waals surface area contributed by atoms with Crippen molar-refractivity contribution in [1.29, 1.82) is 0 Å². The van der Waals surface area contributed by atoms with Gasteiger partial charge in [-0.15, -0.1) is 0 Å². The molecular formula is C60H94O28. The molecule has 0 radical (unpaired) electrons. The van der Waals surface area contributed by atoms with Crippen LogP contribution in [0.3, 0.4) is 0 Å². The smallest absolute Gasteiger partial charge is 0.335 e. The lowest BCUT2D eigenvalue weighted by Crippen LogP contribution is -2.69. The van der Waals surface area contributed by atoms with Crippen LogP contribution < -0.4 is 0 Å². The number of aliphatic hydroxyl groups excluding tert-OH is 14. The number of ether oxygens (including phenoxy) is 10. The molecule has 502 valence electrons. The molecule has 0 bridgehead atoms. The Morgan fingerprint density at radius 3 is 1.66 bits per heavy atom. The van der Waals surface area contributed by atoms with E-state index in [1.165, 1.54) is 20.8 Å². The lowest BCUT2D eigenvalue weighted by Gasteiger charge is -2.71. The fourth-order valence-electron chi connectivity index (χ4n) is 17.8. The lowest BCUT2D eigenvalue weighted by atomic mass is 9.33. The number of carboxylic acid groups (broad SMARTS) is 1. The number of hydrogen-bond donors (Lipinski definition) is 15. The van der Waals surface area contributed by atoms with Crippen LogP contribution in [0.5, 0.6) is 0 Å². The van der Waals surface area contributed by atoms with Gasteiger partial charge < -0.3 is 129 Å². The average Bonchev–Trinajstić information content (AvgIpc) is 0.699. The van der Waals surface area contributed by atoms with E-state index < -0.39 is 223 Å². The Balaban J connectivity index is 0.946. The summed E-state index contributed by atoms with van der Waals surface area (Å²) in [7, 11) is 0. The topological polar surface area (TPSA) is 447 Å². The lowest BCUT2D eigenvalue weighted by molar-refractivity contribution is -0.394. The number of aldehydes is 1. The van der Waals surface area contributed by atoms with Gasteiger partial charge in [-0.2, -0.15) is 0 Å². The van der Waals surface area contributed by atoms with Crippen molar-refractivity contribution in [3.05, 3.63) is 11.6 Å². The number of aliphatic carboxylic acids is 1. The molecule has 0 aromatic carbocycles. The van der Waals surface area contributed by atoms with Crippen molar-refractivity contribution >= 4 is 18.2 Å². The highest BCUT2D eigenvalue weighted by molar-refractivity contribution is 5.80. The Morgan fingerprint density at radius 2 is 1.09 bits per heavy atom. The van der Waals surface area contributed by atoms with E-state index in [-0.39, 0.29) is 30.6 Å². The van der Waals surface area contributed by atoms with Crippen LogP contribution in [0, 0.1) is 50.2 Å². The third-order valence-electron chi connectivity index (χ3n) is 23.4. The maximum absolute atomic E-state index is 15.4. The molecule has 28 heteroatoms. The normalized spacial score (nSPS) is 55.4. The predicted octanol–water partition coefficient (Wildman–Crippen LogP) is -2.89. The fraction of sp³-hybridized carbons (Fsp3) is 0.917. The van der Waals surface area contributed by atoms with Gasteiger partial charge in [0, 0.05) is 0 Å². The van der Waals surface area contributed by atoms with Crippen molar-refractivity contribution in [1.82, 2.24) is 0 Å². The number of carboxylic acids is 1. The van der Waals surface area contributed by atoms with Crippen LogP contribution >= 0.6 is 0 Å². The second kappa shape index (κ2) is 24.6. The average molecular weight is 1260 g/mol. The van der Waals surface area contributed by atoms with Gasteiger partial charge in [-0.3, -0.25) is 4.79 Å². The maximum Gasteiger partial charge on any atom is 0.335 e. The monoisotopic (exact) mass is 1260 g/mol. The number of rotatable bonds is 13. The van der Waals surface area contributed by atoms with Crippen molar-refractivity contribution in [3.63, 3.8) is 0 Å². The second-order valence-electron chi connectivity index (χ2n) is 28.8. The maximum atomic E-state index is 15.4. The molecule has 5 aliphatic heterocycles. The summed E-state index contributed by atoms with van der Waals surface area (Å²) < 4.78 is 60.5. The van der Waals surface area contributed by atoms with Crippen molar-refractivity contribution in [2.45, 2.75) is 286 Å². The summed E-state index contributed by atoms with van der Waals surface area (Å²) in [6.07, 6.45) is -39.8. The zero-order valence-corrected chi connectivity index (χ0v) is 51.1. The molecule has 0 aromatic heterocycles. The minimum atomic E-state index is -2.20. The van der Waals surface area contributed by atoms with Crippen LogP contribution in [-0.4, -0.2) is 267 Å². The van der Waals surface area contributed by atoms with Crippen LogP contribution in [0.4, 0.5) is 0 Å². The third-order valence-corrected chi connectivity index (χ3v) is 23.4. The first-order chi connectivity index (χ1) is 41.1. The molecule has 0 unspecified atom stereocenters. The number of fused-ring (bicyclic) bond motifs is 7. The van der Waals surface area contributed by atoms with Gasteiger partial charge in [0.05, 0.1) is 42.5 Å². The number of aliphatic hydroxyl groups is 14. The molecular weight excluding hydrogens is 1170 g/mol. The molecule has 5 aliphatic carbocycles. The van der Waals surface area contributed by atoms with Crippen molar-refractivity contribution < 1.29 is 138 Å². The van der Waals surface area contributed by atoms with Crippen LogP contribution in [0.1, 0.15) is 120 Å². The molecule has 0 aromatic rings. The van der Waals surface area contributed by atoms with E-state index in [2.05, 4.69) is 40.7 Å². The second-order valence-corrected chi connectivity index (χ2v) is 28.8. The van der Waals surface area contributed by atoms with E-state index in [0.717, 1.165) is 11.9 Å². The first-order valence-electron chi connectivity index (χ1n) is 31.0. The van der Waals surface area contributed by atoms with Gasteiger partial charge in [-0.25, -0.2) is 4.79 Å². The van der Waals surface area contributed by atoms with Gasteiger partial charge >= 0.3 is 11.9 Å². The standard InChI is InChI=1S/C60H94O28/c1-22-32(64)36(68)40(72)49(79-22)84-44-43(75)45(48(76)77)85-53(47(44)87-51-42(74)38(70)35(67)27(20-61)82-51)83-31-13-14-56(6)28(57(31,7)21-62)12-15-58(8)29(56)11-10-25-26-18-55(4,5)16-17-60(26,30(63)19-59(25,58)9)54(78)88-52-46(39(71)34(66)24(3)81-52)86-50-41(73)37(69)33(65)23(2)80-50/h10,21-24,26-47,49-53,61,63-75H,11-20H2,1-9H3,(H,76,77)/t22-,23-,24+,26-,27+,28+,29+,30+,31-,32-,33-,34-,35-,36+,37+,38-,39-,40+,41+,42+,43-,44-,45-,46+,47+,49-,50-,51-,52-,53+,56-,57-,58+,59+,60+/m0/s1. The molecule has 5 heterocycles. The summed E-state index contributed by atoms with van der Waals surface area (Å²) in [5.74, 6) is -3.76. The highest BCUT2D eigenvalue weighted by Gasteiger charge is 2.73. The van der Waals surface area contributed by atoms with Gasteiger partial charge in [0.25, 0.3) is 0 Å². The summed E-state index contributed by atoms with van der Waals surface area (Å²) in [4.78, 5) is 42.5. The first-order valence-corrected chi connectivity index (χ1v) is 31.0. The molecule has 0 amide bonds. The quantitative estimate of drug-likeness (QED) is 0.0381. The van der Waals surface area contributed by atoms with E-state index in [9.17, 15) is 86.2 Å². The van der Waals surface area contributed by atoms with E-state index in [1.807, 2.05) is 0 Å². The van der Waals surface area contributed by atoms with Crippen molar-refractivity contribution in [3.8, 4) is 0 Å². The molecule has 10 rings (SSSR count). The van der Waals surface area contributed by atoms with E-state index in [0.29, 0.717) is 38.5 Å². The highest BCUT2D eigenvalue weighted by atomic mass is 16.8. The van der Waals surface area contributed by atoms with Crippen molar-refractivity contribution in [2.75, 3.05) is 6.61 Å². The Morgan fingerprint density at radius 1 is 0.557 bits per heavy atom. The minimum absolute atomic E-state index is 0.106.